The minimum atomic E-state index is -1.02. The Morgan fingerprint density at radius 3 is 2.91 bits per heavy atom. The molecule has 0 spiro atoms. The van der Waals surface area contributed by atoms with Gasteiger partial charge in [0.05, 0.1) is 20.1 Å². The van der Waals surface area contributed by atoms with E-state index in [4.69, 9.17) is 22.1 Å². The SMILES string of the molecule is C[C@]1(COc2ccc3cc(Br)c(N)nc3c2)S[C@@H](n2ccc3c(Cl)ncnc32)[C@H](O)[C@@H]1O. The van der Waals surface area contributed by atoms with Crippen LogP contribution in [0.5, 0.6) is 5.75 Å². The number of aliphatic hydroxyl groups excluding tert-OH is 2. The van der Waals surface area contributed by atoms with Crippen LogP contribution in [0, 0.1) is 0 Å². The van der Waals surface area contributed by atoms with Crippen LogP contribution in [0.1, 0.15) is 12.3 Å². The van der Waals surface area contributed by atoms with Crippen molar-refractivity contribution in [1.29, 1.82) is 0 Å². The third-order valence-electron chi connectivity index (χ3n) is 5.66. The molecule has 0 radical (unpaired) electrons. The first-order chi connectivity index (χ1) is 15.3. The number of aliphatic hydroxyl groups is 2. The topological polar surface area (TPSA) is 119 Å². The van der Waals surface area contributed by atoms with Crippen molar-refractivity contribution in [2.24, 2.45) is 0 Å². The fourth-order valence-electron chi connectivity index (χ4n) is 3.87. The summed E-state index contributed by atoms with van der Waals surface area (Å²) in [6.45, 7) is 2.05. The van der Waals surface area contributed by atoms with E-state index in [2.05, 4.69) is 30.9 Å². The van der Waals surface area contributed by atoms with Crippen LogP contribution < -0.4 is 10.5 Å². The van der Waals surface area contributed by atoms with Gasteiger partial charge in [-0.15, -0.1) is 11.8 Å². The van der Waals surface area contributed by atoms with Gasteiger partial charge in [0.1, 0.15) is 52.9 Å². The zero-order chi connectivity index (χ0) is 22.6. The van der Waals surface area contributed by atoms with Crippen molar-refractivity contribution in [2.45, 2.75) is 29.3 Å². The molecule has 11 heteroatoms. The summed E-state index contributed by atoms with van der Waals surface area (Å²) in [6, 6.07) is 9.25. The molecule has 1 fully saturated rings. The molecule has 166 valence electrons. The number of benzene rings is 1. The average molecular weight is 537 g/mol. The number of anilines is 1. The molecule has 1 aromatic carbocycles. The highest BCUT2D eigenvalue weighted by molar-refractivity contribution is 9.10. The molecule has 4 atom stereocenters. The molecule has 4 N–H and O–H groups in total. The number of nitrogens with zero attached hydrogens (tertiary/aromatic N) is 4. The van der Waals surface area contributed by atoms with E-state index >= 15 is 0 Å². The third-order valence-corrected chi connectivity index (χ3v) is 8.24. The van der Waals surface area contributed by atoms with Crippen LogP contribution in [0.15, 0.2) is 47.3 Å². The Kier molecular flexibility index (Phi) is 5.45. The van der Waals surface area contributed by atoms with Gasteiger partial charge in [0.25, 0.3) is 0 Å². The summed E-state index contributed by atoms with van der Waals surface area (Å²) < 4.78 is 7.81. The second kappa shape index (κ2) is 8.03. The number of hydrogen-bond donors (Lipinski definition) is 3. The summed E-state index contributed by atoms with van der Waals surface area (Å²) in [7, 11) is 0. The maximum Gasteiger partial charge on any atom is 0.145 e. The smallest absolute Gasteiger partial charge is 0.145 e. The minimum absolute atomic E-state index is 0.179. The molecule has 1 aliphatic heterocycles. The largest absolute Gasteiger partial charge is 0.492 e. The molecular formula is C21H19BrClN5O3S. The summed E-state index contributed by atoms with van der Waals surface area (Å²) in [6.07, 6.45) is 1.14. The zero-order valence-corrected chi connectivity index (χ0v) is 20.0. The summed E-state index contributed by atoms with van der Waals surface area (Å²) in [4.78, 5) is 12.7. The number of ether oxygens (including phenoxy) is 1. The van der Waals surface area contributed by atoms with E-state index in [-0.39, 0.29) is 6.61 Å². The average Bonchev–Trinajstić information content (AvgIpc) is 3.29. The van der Waals surface area contributed by atoms with E-state index in [0.29, 0.717) is 33.3 Å². The van der Waals surface area contributed by atoms with Crippen molar-refractivity contribution >= 4 is 67.0 Å². The number of hydrogen-bond acceptors (Lipinski definition) is 8. The molecule has 4 heterocycles. The maximum absolute atomic E-state index is 10.9. The van der Waals surface area contributed by atoms with Crippen molar-refractivity contribution in [1.82, 2.24) is 19.5 Å². The molecule has 3 aromatic heterocycles. The molecule has 0 saturated carbocycles. The molecule has 5 rings (SSSR count). The number of thioether (sulfide) groups is 1. The molecule has 0 unspecified atom stereocenters. The standard InChI is InChI=1S/C21H19BrClN5O3S/c1-21(8-31-11-3-2-10-6-13(22)18(24)27-14(10)7-11)16(30)15(29)20(32-21)28-5-4-12-17(23)25-9-26-19(12)28/h2-7,9,15-16,20,29-30H,8H2,1H3,(H2,24,27)/t15-,16+,20-,21-/m1/s1. The molecule has 1 aliphatic rings. The Bertz CT molecular complexity index is 1340. The van der Waals surface area contributed by atoms with Crippen LogP contribution in [0.4, 0.5) is 5.82 Å². The van der Waals surface area contributed by atoms with Gasteiger partial charge in [-0.2, -0.15) is 0 Å². The lowest BCUT2D eigenvalue weighted by atomic mass is 10.00. The first-order valence-corrected chi connectivity index (χ1v) is 11.8. The fraction of sp³-hybridized carbons (Fsp3) is 0.286. The molecule has 0 bridgehead atoms. The van der Waals surface area contributed by atoms with Crippen LogP contribution in [-0.4, -0.2) is 53.3 Å². The van der Waals surface area contributed by atoms with Gasteiger partial charge in [-0.1, -0.05) is 11.6 Å². The van der Waals surface area contributed by atoms with E-state index in [9.17, 15) is 10.2 Å². The van der Waals surface area contributed by atoms with Gasteiger partial charge >= 0.3 is 0 Å². The summed E-state index contributed by atoms with van der Waals surface area (Å²) in [5, 5.41) is 23.2. The quantitative estimate of drug-likeness (QED) is 0.337. The predicted octanol–water partition coefficient (Wildman–Crippen LogP) is 3.78. The summed E-state index contributed by atoms with van der Waals surface area (Å²) in [5.74, 6) is 1.00. The molecule has 0 aliphatic carbocycles. The van der Waals surface area contributed by atoms with Gasteiger partial charge in [0, 0.05) is 17.6 Å². The Morgan fingerprint density at radius 1 is 1.28 bits per heavy atom. The Morgan fingerprint density at radius 2 is 2.09 bits per heavy atom. The van der Waals surface area contributed by atoms with Crippen LogP contribution in [0.3, 0.4) is 0 Å². The van der Waals surface area contributed by atoms with E-state index in [1.807, 2.05) is 29.7 Å². The van der Waals surface area contributed by atoms with Gasteiger partial charge in [-0.3, -0.25) is 0 Å². The molecule has 4 aromatic rings. The van der Waals surface area contributed by atoms with Crippen LogP contribution >= 0.6 is 39.3 Å². The third kappa shape index (κ3) is 3.60. The first kappa shape index (κ1) is 21.7. The highest BCUT2D eigenvalue weighted by atomic mass is 79.9. The van der Waals surface area contributed by atoms with E-state index < -0.39 is 22.3 Å². The Labute approximate surface area is 200 Å². The maximum atomic E-state index is 10.9. The number of fused-ring (bicyclic) bond motifs is 2. The van der Waals surface area contributed by atoms with E-state index in [1.165, 1.54) is 18.1 Å². The monoisotopic (exact) mass is 535 g/mol. The van der Waals surface area contributed by atoms with Crippen molar-refractivity contribution in [3.63, 3.8) is 0 Å². The molecular weight excluding hydrogens is 518 g/mol. The zero-order valence-electron chi connectivity index (χ0n) is 16.8. The lowest BCUT2D eigenvalue weighted by Crippen LogP contribution is -2.43. The second-order valence-corrected chi connectivity index (χ2v) is 10.7. The number of nitrogens with two attached hydrogens (primary N) is 1. The number of rotatable bonds is 4. The van der Waals surface area contributed by atoms with Crippen molar-refractivity contribution in [3.8, 4) is 5.75 Å². The number of aromatic nitrogens is 4. The van der Waals surface area contributed by atoms with Crippen LogP contribution in [0.2, 0.25) is 5.15 Å². The number of nitrogen functional groups attached to an aromatic ring is 1. The minimum Gasteiger partial charge on any atom is -0.492 e. The first-order valence-electron chi connectivity index (χ1n) is 9.76. The van der Waals surface area contributed by atoms with Gasteiger partial charge in [0.2, 0.25) is 0 Å². The highest BCUT2D eigenvalue weighted by Crippen LogP contribution is 2.50. The van der Waals surface area contributed by atoms with Crippen LogP contribution in [0.25, 0.3) is 21.9 Å². The van der Waals surface area contributed by atoms with Gasteiger partial charge in [-0.25, -0.2) is 15.0 Å². The molecule has 0 amide bonds. The molecule has 8 nitrogen and oxygen atoms in total. The van der Waals surface area contributed by atoms with Crippen molar-refractivity contribution in [2.75, 3.05) is 12.3 Å². The highest BCUT2D eigenvalue weighted by Gasteiger charge is 2.52. The van der Waals surface area contributed by atoms with Gasteiger partial charge in [-0.05, 0) is 47.1 Å². The second-order valence-electron chi connectivity index (χ2n) is 7.88. The molecule has 1 saturated heterocycles. The van der Waals surface area contributed by atoms with Gasteiger partial charge in [0.15, 0.2) is 0 Å². The summed E-state index contributed by atoms with van der Waals surface area (Å²) >= 11 is 11.0. The Hall–Kier alpha value is -2.11. The van der Waals surface area contributed by atoms with Crippen LogP contribution in [-0.2, 0) is 0 Å². The lowest BCUT2D eigenvalue weighted by Gasteiger charge is -2.27. The number of pyridine rings is 1. The lowest BCUT2D eigenvalue weighted by molar-refractivity contribution is -0.00661. The normalized spacial score (nSPS) is 25.6. The van der Waals surface area contributed by atoms with Crippen molar-refractivity contribution < 1.29 is 14.9 Å². The molecule has 32 heavy (non-hydrogen) atoms. The Balaban J connectivity index is 1.38. The van der Waals surface area contributed by atoms with Gasteiger partial charge < -0.3 is 25.3 Å². The van der Waals surface area contributed by atoms with E-state index in [1.54, 1.807) is 18.3 Å². The predicted molar refractivity (Wildman–Crippen MR) is 129 cm³/mol. The number of halogens is 2. The van der Waals surface area contributed by atoms with E-state index in [0.717, 1.165) is 9.86 Å². The van der Waals surface area contributed by atoms with Crippen molar-refractivity contribution in [3.05, 3.63) is 52.5 Å². The fourth-order valence-corrected chi connectivity index (χ4v) is 5.93. The summed E-state index contributed by atoms with van der Waals surface area (Å²) in [5.41, 5.74) is 7.20.